The third-order valence-electron chi connectivity index (χ3n) is 3.59. The molecular weight excluding hydrogens is 194 g/mol. The fourth-order valence-corrected chi connectivity index (χ4v) is 2.36. The molecule has 0 radical (unpaired) electrons. The molecule has 0 heterocycles. The normalized spacial score (nSPS) is 36.5. The number of hydrogen-bond acceptors (Lipinski definition) is 3. The molecule has 0 aromatic heterocycles. The zero-order valence-corrected chi connectivity index (χ0v) is 9.16. The quantitative estimate of drug-likeness (QED) is 0.735. The lowest BCUT2D eigenvalue weighted by atomic mass is 9.80. The summed E-state index contributed by atoms with van der Waals surface area (Å²) in [5.74, 6) is -0.691. The second-order valence-corrected chi connectivity index (χ2v) is 4.74. The lowest BCUT2D eigenvalue weighted by Gasteiger charge is -2.37. The van der Waals surface area contributed by atoms with Crippen LogP contribution in [0, 0.1) is 0 Å². The number of methoxy groups -OCH3 is 1. The first kappa shape index (κ1) is 10.9. The number of rotatable bonds is 4. The predicted octanol–water partition coefficient (Wildman–Crippen LogP) is 1.15. The average molecular weight is 213 g/mol. The van der Waals surface area contributed by atoms with Gasteiger partial charge >= 0.3 is 5.97 Å². The summed E-state index contributed by atoms with van der Waals surface area (Å²) in [5.41, 5.74) is -0.670. The minimum absolute atomic E-state index is 0.249. The van der Waals surface area contributed by atoms with E-state index in [4.69, 9.17) is 4.74 Å². The molecule has 0 aliphatic heterocycles. The van der Waals surface area contributed by atoms with Gasteiger partial charge in [-0.3, -0.25) is 10.1 Å². The largest absolute Gasteiger partial charge is 0.480 e. The van der Waals surface area contributed by atoms with Crippen LogP contribution in [0.2, 0.25) is 0 Å². The van der Waals surface area contributed by atoms with Crippen molar-refractivity contribution in [1.29, 1.82) is 0 Å². The van der Waals surface area contributed by atoms with Gasteiger partial charge in [0.1, 0.15) is 5.54 Å². The van der Waals surface area contributed by atoms with Crippen LogP contribution >= 0.6 is 0 Å². The Morgan fingerprint density at radius 3 is 2.33 bits per heavy atom. The molecule has 0 unspecified atom stereocenters. The Hall–Kier alpha value is -0.610. The van der Waals surface area contributed by atoms with Crippen LogP contribution in [-0.4, -0.2) is 35.9 Å². The van der Waals surface area contributed by atoms with Gasteiger partial charge in [0.05, 0.1) is 6.10 Å². The maximum absolute atomic E-state index is 11.3. The van der Waals surface area contributed by atoms with Gasteiger partial charge in [-0.2, -0.15) is 0 Å². The zero-order valence-electron chi connectivity index (χ0n) is 9.16. The van der Waals surface area contributed by atoms with Gasteiger partial charge in [-0.05, 0) is 38.5 Å². The summed E-state index contributed by atoms with van der Waals surface area (Å²) in [6.45, 7) is 0. The maximum Gasteiger partial charge on any atom is 0.323 e. The number of ether oxygens (including phenoxy) is 1. The molecule has 2 fully saturated rings. The first-order valence-corrected chi connectivity index (χ1v) is 5.70. The molecule has 0 aromatic rings. The van der Waals surface area contributed by atoms with Crippen molar-refractivity contribution in [3.05, 3.63) is 0 Å². The molecule has 0 aromatic carbocycles. The summed E-state index contributed by atoms with van der Waals surface area (Å²) >= 11 is 0. The maximum atomic E-state index is 11.3. The lowest BCUT2D eigenvalue weighted by Crippen LogP contribution is -2.55. The molecule has 0 spiro atoms. The fraction of sp³-hybridized carbons (Fsp3) is 0.909. The molecule has 2 rings (SSSR count). The van der Waals surface area contributed by atoms with E-state index in [1.54, 1.807) is 7.11 Å². The van der Waals surface area contributed by atoms with Crippen LogP contribution in [0.1, 0.15) is 38.5 Å². The summed E-state index contributed by atoms with van der Waals surface area (Å²) in [5, 5.41) is 12.6. The van der Waals surface area contributed by atoms with Gasteiger partial charge in [0, 0.05) is 13.2 Å². The Kier molecular flexibility index (Phi) is 2.98. The van der Waals surface area contributed by atoms with Crippen molar-refractivity contribution < 1.29 is 14.6 Å². The highest BCUT2D eigenvalue weighted by atomic mass is 16.5. The van der Waals surface area contributed by atoms with E-state index in [-0.39, 0.29) is 6.10 Å². The van der Waals surface area contributed by atoms with Gasteiger partial charge in [-0.1, -0.05) is 0 Å². The third kappa shape index (κ3) is 2.32. The van der Waals surface area contributed by atoms with Crippen molar-refractivity contribution in [3.8, 4) is 0 Å². The van der Waals surface area contributed by atoms with E-state index in [0.29, 0.717) is 18.9 Å². The van der Waals surface area contributed by atoms with E-state index in [1.165, 1.54) is 0 Å². The van der Waals surface area contributed by atoms with Crippen LogP contribution < -0.4 is 5.32 Å². The van der Waals surface area contributed by atoms with Crippen molar-refractivity contribution >= 4 is 5.97 Å². The van der Waals surface area contributed by atoms with Crippen molar-refractivity contribution in [2.24, 2.45) is 0 Å². The molecule has 0 saturated heterocycles. The molecule has 0 amide bonds. The topological polar surface area (TPSA) is 58.6 Å². The molecule has 0 atom stereocenters. The van der Waals surface area contributed by atoms with Gasteiger partial charge < -0.3 is 9.84 Å². The van der Waals surface area contributed by atoms with Crippen molar-refractivity contribution in [2.45, 2.75) is 56.2 Å². The monoisotopic (exact) mass is 213 g/mol. The standard InChI is InChI=1S/C11H19NO3/c1-15-9-4-6-11(7-5-9,10(13)14)12-8-2-3-8/h8-9,12H,2-7H2,1H3,(H,13,14). The summed E-state index contributed by atoms with van der Waals surface area (Å²) in [6, 6.07) is 0.445. The van der Waals surface area contributed by atoms with Gasteiger partial charge in [-0.15, -0.1) is 0 Å². The van der Waals surface area contributed by atoms with Gasteiger partial charge in [0.15, 0.2) is 0 Å². The molecule has 4 nitrogen and oxygen atoms in total. The first-order chi connectivity index (χ1) is 7.16. The third-order valence-corrected chi connectivity index (χ3v) is 3.59. The van der Waals surface area contributed by atoms with E-state index in [1.807, 2.05) is 0 Å². The van der Waals surface area contributed by atoms with E-state index in [2.05, 4.69) is 5.32 Å². The number of aliphatic carboxylic acids is 1. The molecule has 4 heteroatoms. The van der Waals surface area contributed by atoms with Crippen molar-refractivity contribution in [1.82, 2.24) is 5.32 Å². The molecule has 0 bridgehead atoms. The highest BCUT2D eigenvalue weighted by Gasteiger charge is 2.44. The molecule has 15 heavy (non-hydrogen) atoms. The van der Waals surface area contributed by atoms with Crippen LogP contribution in [-0.2, 0) is 9.53 Å². The van der Waals surface area contributed by atoms with Crippen LogP contribution in [0.5, 0.6) is 0 Å². The number of carboxylic acids is 1. The SMILES string of the molecule is COC1CCC(NC2CC2)(C(=O)O)CC1. The van der Waals surface area contributed by atoms with Gasteiger partial charge in [0.25, 0.3) is 0 Å². The fourth-order valence-electron chi connectivity index (χ4n) is 2.36. The molecular formula is C11H19NO3. The molecule has 86 valence electrons. The van der Waals surface area contributed by atoms with E-state index < -0.39 is 11.5 Å². The van der Waals surface area contributed by atoms with E-state index in [0.717, 1.165) is 25.7 Å². The lowest BCUT2D eigenvalue weighted by molar-refractivity contribution is -0.147. The van der Waals surface area contributed by atoms with Gasteiger partial charge in [0.2, 0.25) is 0 Å². The zero-order chi connectivity index (χ0) is 10.9. The molecule has 2 aliphatic carbocycles. The average Bonchev–Trinajstić information content (AvgIpc) is 3.02. The smallest absolute Gasteiger partial charge is 0.323 e. The second-order valence-electron chi connectivity index (χ2n) is 4.74. The summed E-state index contributed by atoms with van der Waals surface area (Å²) in [6.07, 6.45) is 5.59. The Morgan fingerprint density at radius 2 is 1.93 bits per heavy atom. The number of hydrogen-bond donors (Lipinski definition) is 2. The van der Waals surface area contributed by atoms with E-state index in [9.17, 15) is 9.90 Å². The Bertz CT molecular complexity index is 242. The number of carbonyl (C=O) groups is 1. The number of carboxylic acid groups (broad SMARTS) is 1. The van der Waals surface area contributed by atoms with Crippen LogP contribution in [0.25, 0.3) is 0 Å². The van der Waals surface area contributed by atoms with Crippen LogP contribution in [0.3, 0.4) is 0 Å². The molecule has 2 saturated carbocycles. The molecule has 2 N–H and O–H groups in total. The van der Waals surface area contributed by atoms with Gasteiger partial charge in [-0.25, -0.2) is 0 Å². The summed E-state index contributed by atoms with van der Waals surface area (Å²) in [4.78, 5) is 11.3. The highest BCUT2D eigenvalue weighted by molar-refractivity contribution is 5.79. The van der Waals surface area contributed by atoms with Crippen LogP contribution in [0.15, 0.2) is 0 Å². The van der Waals surface area contributed by atoms with E-state index >= 15 is 0 Å². The summed E-state index contributed by atoms with van der Waals surface area (Å²) in [7, 11) is 1.70. The second kappa shape index (κ2) is 4.10. The Balaban J connectivity index is 1.97. The van der Waals surface area contributed by atoms with Crippen LogP contribution in [0.4, 0.5) is 0 Å². The first-order valence-electron chi connectivity index (χ1n) is 5.70. The molecule has 2 aliphatic rings. The Morgan fingerprint density at radius 1 is 1.33 bits per heavy atom. The minimum atomic E-state index is -0.691. The highest BCUT2D eigenvalue weighted by Crippen LogP contribution is 2.33. The van der Waals surface area contributed by atoms with Crippen molar-refractivity contribution in [3.63, 3.8) is 0 Å². The minimum Gasteiger partial charge on any atom is -0.480 e. The summed E-state index contributed by atoms with van der Waals surface area (Å²) < 4.78 is 5.26. The number of nitrogens with one attached hydrogen (secondary N) is 1. The predicted molar refractivity (Wildman–Crippen MR) is 55.8 cm³/mol. The Labute approximate surface area is 90.0 Å². The van der Waals surface area contributed by atoms with Crippen molar-refractivity contribution in [2.75, 3.05) is 7.11 Å².